The van der Waals surface area contributed by atoms with Crippen molar-refractivity contribution in [1.82, 2.24) is 24.2 Å². The van der Waals surface area contributed by atoms with Crippen molar-refractivity contribution in [3.63, 3.8) is 0 Å². The Morgan fingerprint density at radius 1 is 1.17 bits per heavy atom. The molecule has 8 heteroatoms. The first kappa shape index (κ1) is 16.3. The van der Waals surface area contributed by atoms with Crippen LogP contribution in [-0.4, -0.2) is 27.9 Å². The largest absolute Gasteiger partial charge is 0.337 e. The first-order valence-electron chi connectivity index (χ1n) is 7.31. The van der Waals surface area contributed by atoms with Crippen LogP contribution in [0.5, 0.6) is 0 Å². The molecule has 0 radical (unpaired) electrons. The summed E-state index contributed by atoms with van der Waals surface area (Å²) in [5, 5.41) is 0.0110. The van der Waals surface area contributed by atoms with Crippen LogP contribution in [0.3, 0.4) is 0 Å². The minimum absolute atomic E-state index is 0.0110. The van der Waals surface area contributed by atoms with Crippen molar-refractivity contribution in [3.8, 4) is 11.3 Å². The summed E-state index contributed by atoms with van der Waals surface area (Å²) in [7, 11) is -1.93. The van der Waals surface area contributed by atoms with Crippen molar-refractivity contribution >= 4 is 10.0 Å². The fourth-order valence-electron chi connectivity index (χ4n) is 2.25. The number of nitrogens with zero attached hydrogens (tertiary/aromatic N) is 4. The van der Waals surface area contributed by atoms with Gasteiger partial charge >= 0.3 is 0 Å². The predicted molar refractivity (Wildman–Crippen MR) is 89.4 cm³/mol. The van der Waals surface area contributed by atoms with Gasteiger partial charge in [0.2, 0.25) is 0 Å². The Hall–Kier alpha value is -2.58. The van der Waals surface area contributed by atoms with Crippen LogP contribution >= 0.6 is 0 Å². The van der Waals surface area contributed by atoms with E-state index in [-0.39, 0.29) is 11.6 Å². The van der Waals surface area contributed by atoms with Crippen LogP contribution in [0.4, 0.5) is 0 Å². The Balaban J connectivity index is 1.85. The first-order chi connectivity index (χ1) is 11.5. The van der Waals surface area contributed by atoms with Gasteiger partial charge in [0.25, 0.3) is 10.0 Å². The van der Waals surface area contributed by atoms with Crippen LogP contribution < -0.4 is 4.72 Å². The molecule has 3 heterocycles. The SMILES string of the molecule is Cc1nc(S(=O)(=O)NCc2cccnc2-c2ccncc2)cn1C. The maximum Gasteiger partial charge on any atom is 0.259 e. The maximum absolute atomic E-state index is 12.4. The van der Waals surface area contributed by atoms with Crippen LogP contribution in [0, 0.1) is 6.92 Å². The van der Waals surface area contributed by atoms with Crippen LogP contribution in [-0.2, 0) is 23.6 Å². The van der Waals surface area contributed by atoms with E-state index in [1.165, 1.54) is 6.20 Å². The van der Waals surface area contributed by atoms with Crippen LogP contribution in [0.2, 0.25) is 0 Å². The van der Waals surface area contributed by atoms with Gasteiger partial charge in [-0.05, 0) is 30.7 Å². The smallest absolute Gasteiger partial charge is 0.259 e. The molecule has 0 fully saturated rings. The maximum atomic E-state index is 12.4. The second kappa shape index (κ2) is 6.50. The summed E-state index contributed by atoms with van der Waals surface area (Å²) in [6.07, 6.45) is 6.52. The molecule has 0 saturated heterocycles. The van der Waals surface area contributed by atoms with Crippen molar-refractivity contribution < 1.29 is 8.42 Å². The molecule has 0 bridgehead atoms. The highest BCUT2D eigenvalue weighted by atomic mass is 32.2. The summed E-state index contributed by atoms with van der Waals surface area (Å²) in [5.74, 6) is 0.634. The van der Waals surface area contributed by atoms with Gasteiger partial charge in [-0.3, -0.25) is 9.97 Å². The lowest BCUT2D eigenvalue weighted by Crippen LogP contribution is -2.24. The molecule has 0 saturated carbocycles. The highest BCUT2D eigenvalue weighted by molar-refractivity contribution is 7.89. The van der Waals surface area contributed by atoms with E-state index in [9.17, 15) is 8.42 Å². The molecular formula is C16H17N5O2S. The van der Waals surface area contributed by atoms with Crippen molar-refractivity contribution in [2.75, 3.05) is 0 Å². The monoisotopic (exact) mass is 343 g/mol. The Labute approximate surface area is 140 Å². The minimum atomic E-state index is -3.68. The van der Waals surface area contributed by atoms with Gasteiger partial charge in [0.05, 0.1) is 5.69 Å². The third kappa shape index (κ3) is 3.34. The van der Waals surface area contributed by atoms with Crippen molar-refractivity contribution in [2.24, 2.45) is 7.05 Å². The van der Waals surface area contributed by atoms with E-state index in [1.807, 2.05) is 18.2 Å². The molecular weight excluding hydrogens is 326 g/mol. The third-order valence-corrected chi connectivity index (χ3v) is 4.93. The van der Waals surface area contributed by atoms with Gasteiger partial charge in [0.1, 0.15) is 5.82 Å². The summed E-state index contributed by atoms with van der Waals surface area (Å²) in [6, 6.07) is 7.29. The van der Waals surface area contributed by atoms with Crippen molar-refractivity contribution in [2.45, 2.75) is 18.5 Å². The van der Waals surface area contributed by atoms with E-state index in [2.05, 4.69) is 19.7 Å². The zero-order valence-electron chi connectivity index (χ0n) is 13.3. The molecule has 0 aliphatic carbocycles. The summed E-state index contributed by atoms with van der Waals surface area (Å²) in [5.41, 5.74) is 2.38. The van der Waals surface area contributed by atoms with Gasteiger partial charge in [-0.2, -0.15) is 0 Å². The molecule has 124 valence electrons. The van der Waals surface area contributed by atoms with E-state index in [0.717, 1.165) is 16.8 Å². The second-order valence-corrected chi connectivity index (χ2v) is 7.02. The molecule has 24 heavy (non-hydrogen) atoms. The molecule has 3 aromatic heterocycles. The molecule has 0 aliphatic rings. The van der Waals surface area contributed by atoms with Crippen molar-refractivity contribution in [1.29, 1.82) is 0 Å². The number of hydrogen-bond acceptors (Lipinski definition) is 5. The number of pyridine rings is 2. The number of hydrogen-bond donors (Lipinski definition) is 1. The van der Waals surface area contributed by atoms with Crippen LogP contribution in [0.25, 0.3) is 11.3 Å². The lowest BCUT2D eigenvalue weighted by Gasteiger charge is -2.09. The quantitative estimate of drug-likeness (QED) is 0.761. The lowest BCUT2D eigenvalue weighted by molar-refractivity contribution is 0.578. The van der Waals surface area contributed by atoms with E-state index < -0.39 is 10.0 Å². The second-order valence-electron chi connectivity index (χ2n) is 5.31. The molecule has 0 amide bonds. The fraction of sp³-hybridized carbons (Fsp3) is 0.188. The van der Waals surface area contributed by atoms with E-state index in [0.29, 0.717) is 5.82 Å². The van der Waals surface area contributed by atoms with Gasteiger partial charge < -0.3 is 4.57 Å². The van der Waals surface area contributed by atoms with Gasteiger partial charge in [0, 0.05) is 43.9 Å². The summed E-state index contributed by atoms with van der Waals surface area (Å²) >= 11 is 0. The standard InChI is InChI=1S/C16H17N5O2S/c1-12-20-15(11-21(12)2)24(22,23)19-10-14-4-3-7-18-16(14)13-5-8-17-9-6-13/h3-9,11,19H,10H2,1-2H3. The van der Waals surface area contributed by atoms with Gasteiger partial charge in [0.15, 0.2) is 5.03 Å². The topological polar surface area (TPSA) is 89.8 Å². The van der Waals surface area contributed by atoms with Crippen LogP contribution in [0.15, 0.2) is 54.1 Å². The molecule has 3 rings (SSSR count). The normalized spacial score (nSPS) is 11.6. The fourth-order valence-corrected chi connectivity index (χ4v) is 3.30. The van der Waals surface area contributed by atoms with Crippen molar-refractivity contribution in [3.05, 3.63) is 60.4 Å². The zero-order chi connectivity index (χ0) is 17.2. The predicted octanol–water partition coefficient (Wildman–Crippen LogP) is 1.66. The number of imidazole rings is 1. The molecule has 0 spiro atoms. The lowest BCUT2D eigenvalue weighted by atomic mass is 10.1. The average molecular weight is 343 g/mol. The Kier molecular flexibility index (Phi) is 4.41. The number of sulfonamides is 1. The van der Waals surface area contributed by atoms with Gasteiger partial charge in [-0.15, -0.1) is 0 Å². The molecule has 3 aromatic rings. The van der Waals surface area contributed by atoms with Gasteiger partial charge in [-0.1, -0.05) is 6.07 Å². The third-order valence-electron chi connectivity index (χ3n) is 3.66. The number of aromatic nitrogens is 4. The molecule has 0 unspecified atom stereocenters. The zero-order valence-corrected chi connectivity index (χ0v) is 14.2. The molecule has 7 nitrogen and oxygen atoms in total. The Bertz CT molecular complexity index is 932. The number of rotatable bonds is 5. The van der Waals surface area contributed by atoms with E-state index in [4.69, 9.17) is 0 Å². The Morgan fingerprint density at radius 2 is 1.92 bits per heavy atom. The molecule has 0 aromatic carbocycles. The molecule has 0 atom stereocenters. The summed E-state index contributed by atoms with van der Waals surface area (Å²) < 4.78 is 29.1. The summed E-state index contributed by atoms with van der Waals surface area (Å²) in [6.45, 7) is 1.88. The minimum Gasteiger partial charge on any atom is -0.337 e. The number of nitrogens with one attached hydrogen (secondary N) is 1. The van der Waals surface area contributed by atoms with E-state index in [1.54, 1.807) is 43.2 Å². The Morgan fingerprint density at radius 3 is 2.58 bits per heavy atom. The highest BCUT2D eigenvalue weighted by Crippen LogP contribution is 2.20. The molecule has 1 N–H and O–H groups in total. The first-order valence-corrected chi connectivity index (χ1v) is 8.79. The molecule has 0 aliphatic heterocycles. The average Bonchev–Trinajstić information content (AvgIpc) is 2.94. The van der Waals surface area contributed by atoms with E-state index >= 15 is 0 Å². The van der Waals surface area contributed by atoms with Gasteiger partial charge in [-0.25, -0.2) is 18.1 Å². The number of aryl methyl sites for hydroxylation is 2. The summed E-state index contributed by atoms with van der Waals surface area (Å²) in [4.78, 5) is 12.4. The van der Waals surface area contributed by atoms with Crippen LogP contribution in [0.1, 0.15) is 11.4 Å². The highest BCUT2D eigenvalue weighted by Gasteiger charge is 2.19.